The number of hydrogen-bond acceptors (Lipinski definition) is 3. The van der Waals surface area contributed by atoms with E-state index in [1.165, 1.54) is 28.6 Å². The van der Waals surface area contributed by atoms with Crippen LogP contribution in [0.4, 0.5) is 10.1 Å². The zero-order valence-electron chi connectivity index (χ0n) is 15.9. The molecule has 0 fully saturated rings. The Hall–Kier alpha value is -3.08. The maximum absolute atomic E-state index is 14.1. The molecule has 1 N–H and O–H groups in total. The van der Waals surface area contributed by atoms with Gasteiger partial charge in [-0.2, -0.15) is 0 Å². The first kappa shape index (κ1) is 19.7. The molecule has 3 aromatic rings. The molecule has 5 heteroatoms. The van der Waals surface area contributed by atoms with Crippen LogP contribution >= 0.6 is 0 Å². The number of nitrogens with zero attached hydrogens (tertiary/aromatic N) is 1. The van der Waals surface area contributed by atoms with E-state index in [9.17, 15) is 9.18 Å². The fourth-order valence-electron chi connectivity index (χ4n) is 3.36. The molecule has 4 nitrogen and oxygen atoms in total. The normalized spacial score (nSPS) is 10.8. The van der Waals surface area contributed by atoms with Gasteiger partial charge in [0.25, 0.3) is 0 Å². The Morgan fingerprint density at radius 1 is 1.11 bits per heavy atom. The topological polar surface area (TPSA) is 49.8 Å². The number of carbonyl (C=O) groups is 1. The van der Waals surface area contributed by atoms with E-state index in [2.05, 4.69) is 48.2 Å². The summed E-state index contributed by atoms with van der Waals surface area (Å²) >= 11 is 0. The molecule has 3 rings (SSSR count). The summed E-state index contributed by atoms with van der Waals surface area (Å²) < 4.78 is 19.0. The van der Waals surface area contributed by atoms with Gasteiger partial charge in [-0.3, -0.25) is 0 Å². The minimum atomic E-state index is -1.13. The van der Waals surface area contributed by atoms with Crippen LogP contribution in [0.5, 0.6) is 5.75 Å². The second-order valence-corrected chi connectivity index (χ2v) is 6.63. The maximum atomic E-state index is 14.1. The summed E-state index contributed by atoms with van der Waals surface area (Å²) in [6, 6.07) is 19.4. The molecule has 3 aromatic carbocycles. The van der Waals surface area contributed by atoms with Crippen LogP contribution in [0.25, 0.3) is 10.8 Å². The number of benzene rings is 3. The van der Waals surface area contributed by atoms with Crippen LogP contribution in [-0.2, 0) is 11.2 Å². The predicted molar refractivity (Wildman–Crippen MR) is 110 cm³/mol. The van der Waals surface area contributed by atoms with Gasteiger partial charge in [-0.05, 0) is 48.9 Å². The van der Waals surface area contributed by atoms with Crippen LogP contribution in [0.2, 0.25) is 0 Å². The molecule has 0 saturated heterocycles. The van der Waals surface area contributed by atoms with Crippen molar-refractivity contribution in [3.63, 3.8) is 0 Å². The first-order valence-corrected chi connectivity index (χ1v) is 9.44. The van der Waals surface area contributed by atoms with Gasteiger partial charge in [0.05, 0.1) is 0 Å². The van der Waals surface area contributed by atoms with Crippen molar-refractivity contribution in [2.75, 3.05) is 24.6 Å². The van der Waals surface area contributed by atoms with Gasteiger partial charge >= 0.3 is 5.97 Å². The lowest BCUT2D eigenvalue weighted by molar-refractivity contribution is -0.139. The van der Waals surface area contributed by atoms with Gasteiger partial charge < -0.3 is 14.7 Å². The lowest BCUT2D eigenvalue weighted by Crippen LogP contribution is -2.24. The van der Waals surface area contributed by atoms with Gasteiger partial charge in [-0.1, -0.05) is 42.5 Å². The quantitative estimate of drug-likeness (QED) is 0.573. The SMILES string of the molecule is CCN(CCCc1ccc(OCC(=O)O)c(F)c1)c1cccc2ccccc12. The van der Waals surface area contributed by atoms with Crippen LogP contribution in [-0.4, -0.2) is 30.8 Å². The molecule has 0 unspecified atom stereocenters. The number of anilines is 1. The molecule has 0 amide bonds. The van der Waals surface area contributed by atoms with E-state index in [0.717, 1.165) is 31.5 Å². The number of hydrogen-bond donors (Lipinski definition) is 1. The molecule has 0 aliphatic carbocycles. The molecule has 28 heavy (non-hydrogen) atoms. The average Bonchev–Trinajstić information content (AvgIpc) is 2.70. The van der Waals surface area contributed by atoms with E-state index in [1.54, 1.807) is 6.07 Å². The Morgan fingerprint density at radius 3 is 2.64 bits per heavy atom. The summed E-state index contributed by atoms with van der Waals surface area (Å²) in [7, 11) is 0. The van der Waals surface area contributed by atoms with Gasteiger partial charge in [-0.25, -0.2) is 9.18 Å². The Kier molecular flexibility index (Phi) is 6.48. The van der Waals surface area contributed by atoms with Crippen LogP contribution in [0, 0.1) is 5.82 Å². The Balaban J connectivity index is 1.63. The summed E-state index contributed by atoms with van der Waals surface area (Å²) in [6.07, 6.45) is 1.61. The largest absolute Gasteiger partial charge is 0.479 e. The molecule has 0 atom stereocenters. The van der Waals surface area contributed by atoms with Crippen molar-refractivity contribution < 1.29 is 19.0 Å². The van der Waals surface area contributed by atoms with E-state index in [1.807, 2.05) is 6.07 Å². The molecule has 0 heterocycles. The molecule has 0 radical (unpaired) electrons. The predicted octanol–water partition coefficient (Wildman–Crippen LogP) is 4.90. The number of fused-ring (bicyclic) bond motifs is 1. The number of ether oxygens (including phenoxy) is 1. The lowest BCUT2D eigenvalue weighted by Gasteiger charge is -2.25. The molecular formula is C23H24FNO3. The minimum absolute atomic E-state index is 0.0305. The molecule has 0 spiro atoms. The second kappa shape index (κ2) is 9.22. The van der Waals surface area contributed by atoms with Gasteiger partial charge in [0.1, 0.15) is 0 Å². The number of carboxylic acids is 1. The van der Waals surface area contributed by atoms with Crippen LogP contribution in [0.15, 0.2) is 60.7 Å². The number of aliphatic carboxylic acids is 1. The van der Waals surface area contributed by atoms with E-state index in [-0.39, 0.29) is 5.75 Å². The number of rotatable bonds is 9. The number of carboxylic acid groups (broad SMARTS) is 1. The molecule has 0 aliphatic rings. The number of aryl methyl sites for hydroxylation is 1. The van der Waals surface area contributed by atoms with Crippen LogP contribution in [0.1, 0.15) is 18.9 Å². The van der Waals surface area contributed by atoms with Gasteiger partial charge in [-0.15, -0.1) is 0 Å². The zero-order valence-corrected chi connectivity index (χ0v) is 15.9. The standard InChI is InChI=1S/C23H24FNO3/c1-2-25(21-11-5-9-18-8-3-4-10-19(18)21)14-6-7-17-12-13-22(20(24)15-17)28-16-23(26)27/h3-5,8-13,15H,2,6-7,14,16H2,1H3,(H,26,27). The zero-order chi connectivity index (χ0) is 19.9. The molecule has 0 saturated carbocycles. The van der Waals surface area contributed by atoms with Crippen molar-refractivity contribution >= 4 is 22.4 Å². The van der Waals surface area contributed by atoms with Gasteiger partial charge in [0, 0.05) is 24.2 Å². The van der Waals surface area contributed by atoms with Crippen molar-refractivity contribution in [1.29, 1.82) is 0 Å². The Morgan fingerprint density at radius 2 is 1.89 bits per heavy atom. The maximum Gasteiger partial charge on any atom is 0.341 e. The fourth-order valence-corrected chi connectivity index (χ4v) is 3.36. The summed E-state index contributed by atoms with van der Waals surface area (Å²) in [6.45, 7) is 3.34. The summed E-state index contributed by atoms with van der Waals surface area (Å²) in [5.74, 6) is -1.69. The van der Waals surface area contributed by atoms with Crippen molar-refractivity contribution in [3.8, 4) is 5.75 Å². The third-order valence-electron chi connectivity index (χ3n) is 4.73. The third kappa shape index (κ3) is 4.80. The summed E-state index contributed by atoms with van der Waals surface area (Å²) in [5.41, 5.74) is 2.08. The highest BCUT2D eigenvalue weighted by Crippen LogP contribution is 2.27. The molecule has 0 bridgehead atoms. The smallest absolute Gasteiger partial charge is 0.341 e. The highest BCUT2D eigenvalue weighted by atomic mass is 19.1. The molecular weight excluding hydrogens is 357 g/mol. The van der Waals surface area contributed by atoms with Crippen molar-refractivity contribution in [2.45, 2.75) is 19.8 Å². The highest BCUT2D eigenvalue weighted by molar-refractivity contribution is 5.94. The summed E-state index contributed by atoms with van der Waals surface area (Å²) in [5, 5.41) is 11.1. The van der Waals surface area contributed by atoms with Crippen LogP contribution < -0.4 is 9.64 Å². The van der Waals surface area contributed by atoms with Crippen molar-refractivity contribution in [1.82, 2.24) is 0 Å². The number of halogens is 1. The third-order valence-corrected chi connectivity index (χ3v) is 4.73. The molecule has 146 valence electrons. The van der Waals surface area contributed by atoms with E-state index in [4.69, 9.17) is 9.84 Å². The van der Waals surface area contributed by atoms with E-state index in [0.29, 0.717) is 0 Å². The first-order chi connectivity index (χ1) is 13.6. The fraction of sp³-hybridized carbons (Fsp3) is 0.261. The monoisotopic (exact) mass is 381 g/mol. The van der Waals surface area contributed by atoms with Crippen molar-refractivity contribution in [3.05, 3.63) is 72.0 Å². The Labute approximate surface area is 164 Å². The van der Waals surface area contributed by atoms with E-state index < -0.39 is 18.4 Å². The van der Waals surface area contributed by atoms with Gasteiger partial charge in [0.15, 0.2) is 18.2 Å². The first-order valence-electron chi connectivity index (χ1n) is 9.44. The van der Waals surface area contributed by atoms with Crippen LogP contribution in [0.3, 0.4) is 0 Å². The van der Waals surface area contributed by atoms with Gasteiger partial charge in [0.2, 0.25) is 0 Å². The van der Waals surface area contributed by atoms with E-state index >= 15 is 0 Å². The summed E-state index contributed by atoms with van der Waals surface area (Å²) in [4.78, 5) is 12.9. The lowest BCUT2D eigenvalue weighted by atomic mass is 10.1. The second-order valence-electron chi connectivity index (χ2n) is 6.63. The van der Waals surface area contributed by atoms with Crippen molar-refractivity contribution in [2.24, 2.45) is 0 Å². The molecule has 0 aromatic heterocycles. The molecule has 0 aliphatic heterocycles. The average molecular weight is 381 g/mol. The highest BCUT2D eigenvalue weighted by Gasteiger charge is 2.10. The minimum Gasteiger partial charge on any atom is -0.479 e. The Bertz CT molecular complexity index is 952.